The summed E-state index contributed by atoms with van der Waals surface area (Å²) in [5.74, 6) is 1.48. The second-order valence-corrected chi connectivity index (χ2v) is 6.80. The maximum atomic E-state index is 12.3. The maximum Gasteiger partial charge on any atom is 0.251 e. The molecular weight excluding hydrogens is 324 g/mol. The Morgan fingerprint density at radius 2 is 1.85 bits per heavy atom. The fourth-order valence-corrected chi connectivity index (χ4v) is 3.01. The molecule has 136 valence electrons. The molecule has 2 heterocycles. The molecular formula is C21H26N4O. The number of nitrogens with zero attached hydrogens (tertiary/aromatic N) is 3. The van der Waals surface area contributed by atoms with E-state index in [0.717, 1.165) is 25.3 Å². The number of amides is 1. The van der Waals surface area contributed by atoms with Crippen molar-refractivity contribution in [1.29, 1.82) is 0 Å². The van der Waals surface area contributed by atoms with Gasteiger partial charge in [-0.2, -0.15) is 0 Å². The lowest BCUT2D eigenvalue weighted by atomic mass is 10.1. The summed E-state index contributed by atoms with van der Waals surface area (Å²) < 4.78 is 4.27. The second kappa shape index (κ2) is 8.52. The summed E-state index contributed by atoms with van der Waals surface area (Å²) >= 11 is 0. The third-order valence-electron chi connectivity index (χ3n) is 4.37. The molecule has 1 N–H and O–H groups in total. The fourth-order valence-electron chi connectivity index (χ4n) is 3.01. The molecule has 0 spiro atoms. The normalized spacial score (nSPS) is 11.0. The average molecular weight is 350 g/mol. The monoisotopic (exact) mass is 350 g/mol. The first-order chi connectivity index (χ1) is 12.6. The number of rotatable bonds is 8. The van der Waals surface area contributed by atoms with Crippen LogP contribution in [0.2, 0.25) is 0 Å². The summed E-state index contributed by atoms with van der Waals surface area (Å²) in [5.41, 5.74) is 1.88. The Kier molecular flexibility index (Phi) is 5.89. The topological polar surface area (TPSA) is 51.9 Å². The highest BCUT2D eigenvalue weighted by atomic mass is 16.1. The predicted octanol–water partition coefficient (Wildman–Crippen LogP) is 3.68. The Hall–Kier alpha value is -2.82. The molecule has 2 aromatic heterocycles. The molecule has 0 bridgehead atoms. The van der Waals surface area contributed by atoms with Crippen LogP contribution in [0, 0.1) is 0 Å². The minimum atomic E-state index is -0.0211. The molecule has 1 amide bonds. The van der Waals surface area contributed by atoms with Crippen LogP contribution < -0.4 is 5.32 Å². The van der Waals surface area contributed by atoms with Crippen molar-refractivity contribution in [3.63, 3.8) is 0 Å². The Morgan fingerprint density at radius 1 is 1.12 bits per heavy atom. The number of carbonyl (C=O) groups excluding carboxylic acids is 1. The first kappa shape index (κ1) is 18.0. The number of hydrogen-bond acceptors (Lipinski definition) is 2. The Bertz CT molecular complexity index is 816. The zero-order valence-electron chi connectivity index (χ0n) is 15.4. The fraction of sp³-hybridized carbons (Fsp3) is 0.333. The number of benzene rings is 1. The van der Waals surface area contributed by atoms with Crippen LogP contribution in [0.25, 0.3) is 0 Å². The number of nitrogens with one attached hydrogen (secondary N) is 1. The Morgan fingerprint density at radius 3 is 2.54 bits per heavy atom. The van der Waals surface area contributed by atoms with Crippen LogP contribution in [0.15, 0.2) is 61.2 Å². The smallest absolute Gasteiger partial charge is 0.251 e. The maximum absolute atomic E-state index is 12.3. The molecule has 5 heteroatoms. The number of aryl methyl sites for hydroxylation is 1. The van der Waals surface area contributed by atoms with Crippen LogP contribution >= 0.6 is 0 Å². The van der Waals surface area contributed by atoms with Crippen molar-refractivity contribution < 1.29 is 4.79 Å². The highest BCUT2D eigenvalue weighted by Gasteiger charge is 2.08. The summed E-state index contributed by atoms with van der Waals surface area (Å²) in [5, 5.41) is 3.00. The number of aromatic nitrogens is 3. The molecule has 26 heavy (non-hydrogen) atoms. The molecule has 0 fully saturated rings. The van der Waals surface area contributed by atoms with Gasteiger partial charge in [-0.3, -0.25) is 4.79 Å². The van der Waals surface area contributed by atoms with Crippen LogP contribution in [0.3, 0.4) is 0 Å². The van der Waals surface area contributed by atoms with Crippen molar-refractivity contribution in [2.45, 2.75) is 39.3 Å². The molecule has 0 aliphatic heterocycles. The van der Waals surface area contributed by atoms with E-state index in [9.17, 15) is 4.79 Å². The van der Waals surface area contributed by atoms with Gasteiger partial charge in [0.25, 0.3) is 5.91 Å². The SMILES string of the molecule is CC(C)c1nccn1CCCNC(=O)c1ccc(Cn2cccc2)cc1. The van der Waals surface area contributed by atoms with E-state index in [1.807, 2.05) is 61.2 Å². The van der Waals surface area contributed by atoms with Crippen molar-refractivity contribution in [3.05, 3.63) is 78.1 Å². The average Bonchev–Trinajstić information content (AvgIpc) is 3.31. The Labute approximate surface area is 154 Å². The highest BCUT2D eigenvalue weighted by molar-refractivity contribution is 5.94. The van der Waals surface area contributed by atoms with Crippen molar-refractivity contribution in [2.24, 2.45) is 0 Å². The van der Waals surface area contributed by atoms with Gasteiger partial charge in [-0.15, -0.1) is 0 Å². The molecule has 0 saturated heterocycles. The summed E-state index contributed by atoms with van der Waals surface area (Å²) in [7, 11) is 0. The van der Waals surface area contributed by atoms with Crippen molar-refractivity contribution >= 4 is 5.91 Å². The molecule has 0 saturated carbocycles. The largest absolute Gasteiger partial charge is 0.352 e. The number of carbonyl (C=O) groups is 1. The first-order valence-electron chi connectivity index (χ1n) is 9.12. The van der Waals surface area contributed by atoms with Gasteiger partial charge in [0.1, 0.15) is 5.82 Å². The lowest BCUT2D eigenvalue weighted by Crippen LogP contribution is -2.25. The number of hydrogen-bond donors (Lipinski definition) is 1. The van der Waals surface area contributed by atoms with Gasteiger partial charge in [0.2, 0.25) is 0 Å². The zero-order chi connectivity index (χ0) is 18.4. The quantitative estimate of drug-likeness (QED) is 0.630. The Balaban J connectivity index is 1.45. The molecule has 1 aromatic carbocycles. The summed E-state index contributed by atoms with van der Waals surface area (Å²) in [6, 6.07) is 11.8. The van der Waals surface area contributed by atoms with Gasteiger partial charge in [0.15, 0.2) is 0 Å². The van der Waals surface area contributed by atoms with E-state index in [0.29, 0.717) is 18.0 Å². The lowest BCUT2D eigenvalue weighted by Gasteiger charge is -2.11. The van der Waals surface area contributed by atoms with Gasteiger partial charge < -0.3 is 14.5 Å². The second-order valence-electron chi connectivity index (χ2n) is 6.80. The third kappa shape index (κ3) is 4.63. The van der Waals surface area contributed by atoms with Crippen LogP contribution in [0.1, 0.15) is 47.9 Å². The van der Waals surface area contributed by atoms with Gasteiger partial charge in [0.05, 0.1) is 0 Å². The molecule has 3 rings (SSSR count). The zero-order valence-corrected chi connectivity index (χ0v) is 15.4. The summed E-state index contributed by atoms with van der Waals surface area (Å²) in [6.45, 7) is 6.61. The molecule has 0 aliphatic rings. The predicted molar refractivity (Wildman–Crippen MR) is 103 cm³/mol. The van der Waals surface area contributed by atoms with Crippen molar-refractivity contribution in [3.8, 4) is 0 Å². The van der Waals surface area contributed by atoms with Gasteiger partial charge >= 0.3 is 0 Å². The van der Waals surface area contributed by atoms with Gasteiger partial charge in [-0.25, -0.2) is 4.98 Å². The molecule has 0 unspecified atom stereocenters. The minimum Gasteiger partial charge on any atom is -0.352 e. The van der Waals surface area contributed by atoms with Crippen LogP contribution in [-0.4, -0.2) is 26.6 Å². The van der Waals surface area contributed by atoms with E-state index >= 15 is 0 Å². The lowest BCUT2D eigenvalue weighted by molar-refractivity contribution is 0.0952. The van der Waals surface area contributed by atoms with E-state index in [4.69, 9.17) is 0 Å². The van der Waals surface area contributed by atoms with Crippen molar-refractivity contribution in [1.82, 2.24) is 19.4 Å². The highest BCUT2D eigenvalue weighted by Crippen LogP contribution is 2.12. The van der Waals surface area contributed by atoms with Gasteiger partial charge in [-0.1, -0.05) is 26.0 Å². The van der Waals surface area contributed by atoms with E-state index < -0.39 is 0 Å². The molecule has 0 aliphatic carbocycles. The van der Waals surface area contributed by atoms with E-state index in [1.165, 1.54) is 5.56 Å². The molecule has 5 nitrogen and oxygen atoms in total. The van der Waals surface area contributed by atoms with Crippen LogP contribution in [-0.2, 0) is 13.1 Å². The van der Waals surface area contributed by atoms with Crippen molar-refractivity contribution in [2.75, 3.05) is 6.54 Å². The molecule has 0 atom stereocenters. The van der Waals surface area contributed by atoms with E-state index in [-0.39, 0.29) is 5.91 Å². The molecule has 0 radical (unpaired) electrons. The first-order valence-corrected chi connectivity index (χ1v) is 9.12. The molecule has 3 aromatic rings. The minimum absolute atomic E-state index is 0.0211. The third-order valence-corrected chi connectivity index (χ3v) is 4.37. The van der Waals surface area contributed by atoms with E-state index in [1.54, 1.807) is 0 Å². The summed E-state index contributed by atoms with van der Waals surface area (Å²) in [6.07, 6.45) is 8.79. The van der Waals surface area contributed by atoms with Gasteiger partial charge in [0, 0.05) is 55.9 Å². The standard InChI is InChI=1S/C21H26N4O/c1-17(2)20-22-11-15-25(20)14-5-10-23-21(26)19-8-6-18(7-9-19)16-24-12-3-4-13-24/h3-4,6-9,11-13,15,17H,5,10,14,16H2,1-2H3,(H,23,26). The summed E-state index contributed by atoms with van der Waals surface area (Å²) in [4.78, 5) is 16.7. The van der Waals surface area contributed by atoms with Crippen LogP contribution in [0.5, 0.6) is 0 Å². The van der Waals surface area contributed by atoms with Crippen LogP contribution in [0.4, 0.5) is 0 Å². The number of imidazole rings is 1. The van der Waals surface area contributed by atoms with E-state index in [2.05, 4.69) is 33.3 Å². The van der Waals surface area contributed by atoms with Gasteiger partial charge in [-0.05, 0) is 36.2 Å².